The molecule has 0 saturated heterocycles. The molecule has 1 nitrogen and oxygen atoms in total. The number of carbonyl (C=O) groups excluding carboxylic acids is 1. The second-order valence-electron chi connectivity index (χ2n) is 3.48. The average molecular weight is 230 g/mol. The van der Waals surface area contributed by atoms with Crippen LogP contribution in [0.4, 0.5) is 13.2 Å². The molecule has 0 bridgehead atoms. The first kappa shape index (κ1) is 12.7. The zero-order chi connectivity index (χ0) is 12.3. The lowest BCUT2D eigenvalue weighted by Gasteiger charge is -2.12. The molecule has 0 radical (unpaired) electrons. The number of rotatable bonds is 3. The first-order valence-electron chi connectivity index (χ1n) is 5.14. The fourth-order valence-corrected chi connectivity index (χ4v) is 1.75. The van der Waals surface area contributed by atoms with E-state index < -0.39 is 12.0 Å². The number of halogens is 3. The van der Waals surface area contributed by atoms with Crippen LogP contribution in [0.25, 0.3) is 0 Å². The van der Waals surface area contributed by atoms with Crippen LogP contribution >= 0.6 is 0 Å². The minimum absolute atomic E-state index is 0.214. The van der Waals surface area contributed by atoms with Gasteiger partial charge in [0.15, 0.2) is 0 Å². The number of alkyl halides is 3. The second kappa shape index (κ2) is 4.68. The summed E-state index contributed by atoms with van der Waals surface area (Å²) in [5.41, 5.74) is 1.10. The number of hydrogen-bond acceptors (Lipinski definition) is 1. The van der Waals surface area contributed by atoms with Crippen molar-refractivity contribution in [2.75, 3.05) is 0 Å². The second-order valence-corrected chi connectivity index (χ2v) is 3.48. The minimum Gasteiger partial charge on any atom is -0.284 e. The molecule has 0 N–H and O–H groups in total. The van der Waals surface area contributed by atoms with Gasteiger partial charge in [0.1, 0.15) is 0 Å². The minimum atomic E-state index is -4.80. The molecule has 0 aliphatic heterocycles. The van der Waals surface area contributed by atoms with Gasteiger partial charge in [0.2, 0.25) is 0 Å². The molecule has 0 aromatic heterocycles. The maximum absolute atomic E-state index is 12.3. The topological polar surface area (TPSA) is 17.1 Å². The van der Waals surface area contributed by atoms with E-state index in [4.69, 9.17) is 0 Å². The molecule has 0 saturated carbocycles. The number of hydrogen-bond donors (Lipinski definition) is 0. The molecule has 0 atom stereocenters. The van der Waals surface area contributed by atoms with Gasteiger partial charge >= 0.3 is 6.18 Å². The van der Waals surface area contributed by atoms with Crippen molar-refractivity contribution in [2.24, 2.45) is 0 Å². The molecule has 1 aromatic rings. The summed E-state index contributed by atoms with van der Waals surface area (Å²) in [6.45, 7) is 3.61. The normalized spacial score (nSPS) is 11.6. The molecule has 0 unspecified atom stereocenters. The van der Waals surface area contributed by atoms with Crippen LogP contribution in [0, 0.1) is 0 Å². The number of Topliss-reactive ketones (excluding diaryl/α,β-unsaturated/α-hetero) is 1. The zero-order valence-electron chi connectivity index (χ0n) is 9.19. The van der Waals surface area contributed by atoms with Gasteiger partial charge in [-0.1, -0.05) is 32.0 Å². The maximum Gasteiger partial charge on any atom is 0.454 e. The third kappa shape index (κ3) is 2.43. The van der Waals surface area contributed by atoms with E-state index in [1.165, 1.54) is 12.1 Å². The predicted molar refractivity (Wildman–Crippen MR) is 55.6 cm³/mol. The Balaban J connectivity index is 3.29. The van der Waals surface area contributed by atoms with Gasteiger partial charge in [-0.15, -0.1) is 0 Å². The largest absolute Gasteiger partial charge is 0.454 e. The molecular weight excluding hydrogens is 217 g/mol. The Kier molecular flexibility index (Phi) is 3.73. The molecule has 88 valence electrons. The Labute approximate surface area is 92.3 Å². The van der Waals surface area contributed by atoms with Gasteiger partial charge in [-0.2, -0.15) is 13.2 Å². The summed E-state index contributed by atoms with van der Waals surface area (Å²) < 4.78 is 37.0. The standard InChI is InChI=1S/C12H13F3O/c1-3-8-6-5-7-10(9(8)4-2)11(16)12(13,14)15/h5-7H,3-4H2,1-2H3. The van der Waals surface area contributed by atoms with Crippen LogP contribution in [0.15, 0.2) is 18.2 Å². The predicted octanol–water partition coefficient (Wildman–Crippen LogP) is 3.56. The monoisotopic (exact) mass is 230 g/mol. The molecule has 1 rings (SSSR count). The van der Waals surface area contributed by atoms with E-state index in [9.17, 15) is 18.0 Å². The van der Waals surface area contributed by atoms with Crippen LogP contribution in [-0.2, 0) is 12.8 Å². The summed E-state index contributed by atoms with van der Waals surface area (Å²) in [5, 5.41) is 0. The molecule has 4 heteroatoms. The highest BCUT2D eigenvalue weighted by molar-refractivity contribution is 6.01. The summed E-state index contributed by atoms with van der Waals surface area (Å²) in [5.74, 6) is -1.75. The Morgan fingerprint density at radius 3 is 2.25 bits per heavy atom. The molecular formula is C12H13F3O. The van der Waals surface area contributed by atoms with Crippen LogP contribution in [0.1, 0.15) is 35.3 Å². The van der Waals surface area contributed by atoms with Gasteiger partial charge in [0, 0.05) is 5.56 Å². The average Bonchev–Trinajstić information content (AvgIpc) is 2.25. The fraction of sp³-hybridized carbons (Fsp3) is 0.417. The van der Waals surface area contributed by atoms with Gasteiger partial charge < -0.3 is 0 Å². The van der Waals surface area contributed by atoms with Crippen molar-refractivity contribution in [3.8, 4) is 0 Å². The van der Waals surface area contributed by atoms with Crippen molar-refractivity contribution < 1.29 is 18.0 Å². The summed E-state index contributed by atoms with van der Waals surface area (Å²) >= 11 is 0. The highest BCUT2D eigenvalue weighted by Gasteiger charge is 2.40. The fourth-order valence-electron chi connectivity index (χ4n) is 1.75. The zero-order valence-corrected chi connectivity index (χ0v) is 9.19. The molecule has 0 fully saturated rings. The van der Waals surface area contributed by atoms with Gasteiger partial charge in [0.25, 0.3) is 5.78 Å². The molecule has 0 spiro atoms. The molecule has 1 aromatic carbocycles. The third-order valence-electron chi connectivity index (χ3n) is 2.51. The van der Waals surface area contributed by atoms with Crippen molar-refractivity contribution in [1.29, 1.82) is 0 Å². The molecule has 0 heterocycles. The Morgan fingerprint density at radius 1 is 1.19 bits per heavy atom. The maximum atomic E-state index is 12.3. The SMILES string of the molecule is CCc1cccc(C(=O)C(F)(F)F)c1CC. The first-order chi connectivity index (χ1) is 7.41. The van der Waals surface area contributed by atoms with E-state index in [-0.39, 0.29) is 5.56 Å². The van der Waals surface area contributed by atoms with E-state index in [2.05, 4.69) is 0 Å². The van der Waals surface area contributed by atoms with E-state index >= 15 is 0 Å². The van der Waals surface area contributed by atoms with Gasteiger partial charge in [0.05, 0.1) is 0 Å². The molecule has 0 aliphatic rings. The Morgan fingerprint density at radius 2 is 1.81 bits per heavy atom. The lowest BCUT2D eigenvalue weighted by Crippen LogP contribution is -2.24. The summed E-state index contributed by atoms with van der Waals surface area (Å²) in [6, 6.07) is 4.50. The van der Waals surface area contributed by atoms with Gasteiger partial charge in [-0.25, -0.2) is 0 Å². The van der Waals surface area contributed by atoms with Gasteiger partial charge in [-0.05, 0) is 24.0 Å². The van der Waals surface area contributed by atoms with E-state index in [0.717, 1.165) is 5.56 Å². The lowest BCUT2D eigenvalue weighted by atomic mass is 9.94. The summed E-state index contributed by atoms with van der Waals surface area (Å²) in [4.78, 5) is 11.2. The number of benzene rings is 1. The number of ketones is 1. The molecule has 0 aliphatic carbocycles. The Hall–Kier alpha value is -1.32. The Bertz CT molecular complexity index is 394. The first-order valence-corrected chi connectivity index (χ1v) is 5.14. The van der Waals surface area contributed by atoms with Crippen LogP contribution in [0.3, 0.4) is 0 Å². The molecule has 0 amide bonds. The smallest absolute Gasteiger partial charge is 0.284 e. The van der Waals surface area contributed by atoms with Crippen LogP contribution in [0.2, 0.25) is 0 Å². The number of carbonyl (C=O) groups is 1. The van der Waals surface area contributed by atoms with Crippen molar-refractivity contribution in [1.82, 2.24) is 0 Å². The highest BCUT2D eigenvalue weighted by atomic mass is 19.4. The quantitative estimate of drug-likeness (QED) is 0.725. The van der Waals surface area contributed by atoms with E-state index in [0.29, 0.717) is 18.4 Å². The van der Waals surface area contributed by atoms with E-state index in [1.807, 2.05) is 6.92 Å². The number of aryl methyl sites for hydroxylation is 1. The van der Waals surface area contributed by atoms with Crippen molar-refractivity contribution in [3.05, 3.63) is 34.9 Å². The van der Waals surface area contributed by atoms with Crippen molar-refractivity contribution in [2.45, 2.75) is 32.9 Å². The summed E-state index contributed by atoms with van der Waals surface area (Å²) in [7, 11) is 0. The van der Waals surface area contributed by atoms with Gasteiger partial charge in [-0.3, -0.25) is 4.79 Å². The van der Waals surface area contributed by atoms with Crippen LogP contribution < -0.4 is 0 Å². The van der Waals surface area contributed by atoms with E-state index in [1.54, 1.807) is 13.0 Å². The van der Waals surface area contributed by atoms with Crippen LogP contribution in [-0.4, -0.2) is 12.0 Å². The van der Waals surface area contributed by atoms with Crippen molar-refractivity contribution in [3.63, 3.8) is 0 Å². The van der Waals surface area contributed by atoms with Crippen molar-refractivity contribution >= 4 is 5.78 Å². The molecule has 16 heavy (non-hydrogen) atoms. The highest BCUT2D eigenvalue weighted by Crippen LogP contribution is 2.25. The summed E-state index contributed by atoms with van der Waals surface area (Å²) in [6.07, 6.45) is -3.74. The van der Waals surface area contributed by atoms with Crippen LogP contribution in [0.5, 0.6) is 0 Å². The third-order valence-corrected chi connectivity index (χ3v) is 2.51. The lowest BCUT2D eigenvalue weighted by molar-refractivity contribution is -0.0885.